The van der Waals surface area contributed by atoms with Crippen LogP contribution in [0.25, 0.3) is 0 Å². The molecule has 0 bridgehead atoms. The fourth-order valence-electron chi connectivity index (χ4n) is 5.63. The number of nitrogens with zero attached hydrogens (tertiary/aromatic N) is 1. The molecule has 0 spiro atoms. The molecule has 0 radical (unpaired) electrons. The Labute approximate surface area is 238 Å². The lowest BCUT2D eigenvalue weighted by Crippen LogP contribution is -2.50. The zero-order valence-electron chi connectivity index (χ0n) is 23.9. The molecule has 0 aromatic heterocycles. The van der Waals surface area contributed by atoms with Gasteiger partial charge in [0.2, 0.25) is 5.91 Å². The fraction of sp³-hybridized carbons (Fsp3) is 0.516. The highest BCUT2D eigenvalue weighted by molar-refractivity contribution is 5.94. The van der Waals surface area contributed by atoms with Gasteiger partial charge in [-0.3, -0.25) is 4.79 Å². The van der Waals surface area contributed by atoms with Gasteiger partial charge in [-0.15, -0.1) is 0 Å². The molecular formula is C31H38F3N3O4. The number of esters is 1. The van der Waals surface area contributed by atoms with Crippen LogP contribution in [-0.4, -0.2) is 47.0 Å². The van der Waals surface area contributed by atoms with Crippen molar-refractivity contribution in [3.63, 3.8) is 0 Å². The Kier molecular flexibility index (Phi) is 8.99. The molecule has 2 aromatic carbocycles. The number of hydrogen-bond donors (Lipinski definition) is 2. The molecule has 1 heterocycles. The Morgan fingerprint density at radius 2 is 1.59 bits per heavy atom. The average Bonchev–Trinajstić information content (AvgIpc) is 3.38. The molecule has 4 rings (SSSR count). The number of carbonyl (C=O) groups is 3. The van der Waals surface area contributed by atoms with Crippen LogP contribution in [0.2, 0.25) is 0 Å². The van der Waals surface area contributed by atoms with Gasteiger partial charge in [0.1, 0.15) is 11.6 Å². The predicted octanol–water partition coefficient (Wildman–Crippen LogP) is 6.81. The van der Waals surface area contributed by atoms with E-state index >= 15 is 0 Å². The molecule has 3 amide bonds. The van der Waals surface area contributed by atoms with Crippen molar-refractivity contribution >= 4 is 23.6 Å². The van der Waals surface area contributed by atoms with Crippen LogP contribution >= 0.6 is 0 Å². The Bertz CT molecular complexity index is 1260. The van der Waals surface area contributed by atoms with Crippen molar-refractivity contribution in [1.29, 1.82) is 0 Å². The van der Waals surface area contributed by atoms with Gasteiger partial charge in [0, 0.05) is 18.3 Å². The van der Waals surface area contributed by atoms with Gasteiger partial charge in [0.15, 0.2) is 0 Å². The maximum absolute atomic E-state index is 13.1. The van der Waals surface area contributed by atoms with Crippen molar-refractivity contribution in [2.24, 2.45) is 0 Å². The quantitative estimate of drug-likeness (QED) is 0.385. The number of likely N-dealkylation sites (tertiary alicyclic amines) is 1. The van der Waals surface area contributed by atoms with Gasteiger partial charge in [-0.2, -0.15) is 13.2 Å². The van der Waals surface area contributed by atoms with Crippen molar-refractivity contribution in [1.82, 2.24) is 10.2 Å². The Morgan fingerprint density at radius 3 is 2.17 bits per heavy atom. The van der Waals surface area contributed by atoms with Crippen LogP contribution in [0.15, 0.2) is 42.5 Å². The third-order valence-electron chi connectivity index (χ3n) is 7.69. The first kappa shape index (κ1) is 30.4. The summed E-state index contributed by atoms with van der Waals surface area (Å²) in [5.74, 6) is -0.220. The van der Waals surface area contributed by atoms with Crippen LogP contribution in [-0.2, 0) is 15.7 Å². The molecule has 222 valence electrons. The fourth-order valence-corrected chi connectivity index (χ4v) is 5.63. The summed E-state index contributed by atoms with van der Waals surface area (Å²) < 4.78 is 44.6. The molecule has 2 fully saturated rings. The highest BCUT2D eigenvalue weighted by atomic mass is 19.4. The van der Waals surface area contributed by atoms with E-state index in [-0.39, 0.29) is 29.2 Å². The van der Waals surface area contributed by atoms with Gasteiger partial charge in [-0.05, 0) is 114 Å². The lowest BCUT2D eigenvalue weighted by Gasteiger charge is -2.31. The van der Waals surface area contributed by atoms with Crippen molar-refractivity contribution in [2.45, 2.75) is 96.0 Å². The maximum Gasteiger partial charge on any atom is 0.416 e. The van der Waals surface area contributed by atoms with Crippen LogP contribution in [0.5, 0.6) is 0 Å². The summed E-state index contributed by atoms with van der Waals surface area (Å²) in [6, 6.07) is 9.87. The molecule has 2 aliphatic rings. The topological polar surface area (TPSA) is 87.7 Å². The normalized spacial score (nSPS) is 21.3. The second kappa shape index (κ2) is 12.1. The van der Waals surface area contributed by atoms with Gasteiger partial charge in [0.05, 0.1) is 11.1 Å². The number of rotatable bonds is 5. The molecule has 1 aliphatic carbocycles. The number of benzene rings is 2. The number of carbonyl (C=O) groups excluding carboxylic acids is 3. The van der Waals surface area contributed by atoms with Gasteiger partial charge in [0.25, 0.3) is 0 Å². The van der Waals surface area contributed by atoms with Crippen molar-refractivity contribution < 1.29 is 32.3 Å². The second-order valence-electron chi connectivity index (χ2n) is 12.0. The number of ether oxygens (including phenoxy) is 1. The zero-order valence-corrected chi connectivity index (χ0v) is 23.9. The minimum Gasteiger partial charge on any atom is -0.456 e. The molecule has 1 saturated heterocycles. The molecule has 2 aromatic rings. The van der Waals surface area contributed by atoms with Gasteiger partial charge < -0.3 is 20.3 Å². The molecule has 1 saturated carbocycles. The summed E-state index contributed by atoms with van der Waals surface area (Å²) in [7, 11) is 0. The largest absolute Gasteiger partial charge is 0.456 e. The summed E-state index contributed by atoms with van der Waals surface area (Å²) in [6.07, 6.45) is 0.115. The first-order chi connectivity index (χ1) is 19.2. The number of hydrogen-bond acceptors (Lipinski definition) is 4. The lowest BCUT2D eigenvalue weighted by molar-refractivity contribution is -0.138. The molecule has 7 nitrogen and oxygen atoms in total. The summed E-state index contributed by atoms with van der Waals surface area (Å²) in [5.41, 5.74) is 0.636. The molecule has 10 heteroatoms. The zero-order chi connectivity index (χ0) is 29.9. The molecule has 2 N–H and O–H groups in total. The number of alkyl halides is 3. The van der Waals surface area contributed by atoms with Gasteiger partial charge >= 0.3 is 18.2 Å². The number of halogens is 3. The minimum absolute atomic E-state index is 0.00265. The van der Waals surface area contributed by atoms with E-state index in [0.29, 0.717) is 30.9 Å². The first-order valence-electron chi connectivity index (χ1n) is 14.1. The highest BCUT2D eigenvalue weighted by Crippen LogP contribution is 2.34. The predicted molar refractivity (Wildman–Crippen MR) is 150 cm³/mol. The lowest BCUT2D eigenvalue weighted by atomic mass is 9.81. The van der Waals surface area contributed by atoms with E-state index in [1.807, 2.05) is 32.9 Å². The Morgan fingerprint density at radius 1 is 0.927 bits per heavy atom. The summed E-state index contributed by atoms with van der Waals surface area (Å²) in [4.78, 5) is 39.8. The highest BCUT2D eigenvalue weighted by Gasteiger charge is 2.36. The van der Waals surface area contributed by atoms with Crippen LogP contribution in [0.1, 0.15) is 92.3 Å². The van der Waals surface area contributed by atoms with Crippen LogP contribution in [0.3, 0.4) is 0 Å². The molecule has 1 atom stereocenters. The smallest absolute Gasteiger partial charge is 0.416 e. The maximum atomic E-state index is 13.1. The van der Waals surface area contributed by atoms with Crippen LogP contribution in [0, 0.1) is 6.92 Å². The van der Waals surface area contributed by atoms with E-state index in [2.05, 4.69) is 10.6 Å². The number of amides is 3. The SMILES string of the molecule is Cc1cc(NC(=O)N2CCC[C@@H]2C(=O)NC2CCC(c3ccc(C(=O)OC(C)(C)C)cc3)CC2)ccc1C(F)(F)F. The van der Waals surface area contributed by atoms with Gasteiger partial charge in [-0.25, -0.2) is 9.59 Å². The standard InChI is InChI=1S/C31H38F3N3O4/c1-19-18-24(15-16-25(19)31(32,33)34)36-29(40)37-17-5-6-26(37)27(38)35-23-13-11-21(12-14-23)20-7-9-22(10-8-20)28(39)41-30(2,3)4/h7-10,15-16,18,21,23,26H,5-6,11-14,17H2,1-4H3,(H,35,38)(H,36,40)/t21?,23?,26-/m1/s1. The van der Waals surface area contributed by atoms with Gasteiger partial charge in [-0.1, -0.05) is 12.1 Å². The summed E-state index contributed by atoms with van der Waals surface area (Å²) in [6.45, 7) is 7.24. The third kappa shape index (κ3) is 7.80. The van der Waals surface area contributed by atoms with E-state index < -0.39 is 29.4 Å². The number of anilines is 1. The van der Waals surface area contributed by atoms with Crippen LogP contribution < -0.4 is 10.6 Å². The third-order valence-corrected chi connectivity index (χ3v) is 7.69. The monoisotopic (exact) mass is 573 g/mol. The van der Waals surface area contributed by atoms with Crippen molar-refractivity contribution in [2.75, 3.05) is 11.9 Å². The second-order valence-corrected chi connectivity index (χ2v) is 12.0. The van der Waals surface area contributed by atoms with Crippen LogP contribution in [0.4, 0.5) is 23.7 Å². The first-order valence-corrected chi connectivity index (χ1v) is 14.1. The van der Waals surface area contributed by atoms with E-state index in [1.54, 1.807) is 12.1 Å². The molecular weight excluding hydrogens is 535 g/mol. The Balaban J connectivity index is 1.28. The van der Waals surface area contributed by atoms with E-state index in [1.165, 1.54) is 24.0 Å². The summed E-state index contributed by atoms with van der Waals surface area (Å²) >= 11 is 0. The van der Waals surface area contributed by atoms with E-state index in [4.69, 9.17) is 4.74 Å². The number of nitrogens with one attached hydrogen (secondary N) is 2. The van der Waals surface area contributed by atoms with E-state index in [0.717, 1.165) is 37.3 Å². The Hall–Kier alpha value is -3.56. The van der Waals surface area contributed by atoms with Crippen molar-refractivity contribution in [3.8, 4) is 0 Å². The minimum atomic E-state index is -4.46. The van der Waals surface area contributed by atoms with E-state index in [9.17, 15) is 27.6 Å². The molecule has 41 heavy (non-hydrogen) atoms. The molecule has 0 unspecified atom stereocenters. The average molecular weight is 574 g/mol. The molecule has 1 aliphatic heterocycles. The summed E-state index contributed by atoms with van der Waals surface area (Å²) in [5, 5.41) is 5.76. The van der Waals surface area contributed by atoms with Crippen molar-refractivity contribution in [3.05, 3.63) is 64.7 Å². The number of urea groups is 1. The number of aryl methyl sites for hydroxylation is 1.